The Morgan fingerprint density at radius 2 is 1.97 bits per heavy atom. The summed E-state index contributed by atoms with van der Waals surface area (Å²) in [5, 5.41) is 8.97. The number of carbonyl (C=O) groups excluding carboxylic acids is 1. The molecule has 0 saturated carbocycles. The number of nitrogens with zero attached hydrogens (tertiary/aromatic N) is 4. The quantitative estimate of drug-likeness (QED) is 0.624. The molecule has 0 saturated heterocycles. The summed E-state index contributed by atoms with van der Waals surface area (Å²) in [7, 11) is 6.01. The van der Waals surface area contributed by atoms with Gasteiger partial charge in [0.1, 0.15) is 0 Å². The Kier molecular flexibility index (Phi) is 5.83. The van der Waals surface area contributed by atoms with Gasteiger partial charge in [-0.15, -0.1) is 0 Å². The number of fused-ring (bicyclic) bond motifs is 1. The highest BCUT2D eigenvalue weighted by Crippen LogP contribution is 2.28. The largest absolute Gasteiger partial charge is 0.336 e. The maximum absolute atomic E-state index is 13.2. The fraction of sp³-hybridized carbons (Fsp3) is 0.391. The molecule has 5 nitrogen and oxygen atoms in total. The lowest BCUT2D eigenvalue weighted by atomic mass is 9.90. The molecular formula is C23H28N4OS. The normalized spacial score (nSPS) is 16.1. The molecule has 0 aliphatic heterocycles. The third-order valence-electron chi connectivity index (χ3n) is 5.88. The second kappa shape index (κ2) is 8.51. The van der Waals surface area contributed by atoms with Crippen molar-refractivity contribution in [2.45, 2.75) is 38.4 Å². The van der Waals surface area contributed by atoms with Crippen LogP contribution in [0.1, 0.15) is 39.3 Å². The molecule has 0 fully saturated rings. The lowest BCUT2D eigenvalue weighted by Crippen LogP contribution is -2.37. The smallest absolute Gasteiger partial charge is 0.274 e. The molecule has 3 aromatic rings. The SMILES string of the molecule is CN(Cc1ccccc1)C(=O)c1nn(C)c2c1C[C@@H](N(C)Cc1ccsc1)CC2. The first-order valence-electron chi connectivity index (χ1n) is 10.1. The third-order valence-corrected chi connectivity index (χ3v) is 6.61. The first kappa shape index (κ1) is 19.9. The lowest BCUT2D eigenvalue weighted by molar-refractivity contribution is 0.0776. The van der Waals surface area contributed by atoms with Crippen molar-refractivity contribution in [1.82, 2.24) is 19.6 Å². The van der Waals surface area contributed by atoms with Crippen molar-refractivity contribution in [3.63, 3.8) is 0 Å². The minimum Gasteiger partial charge on any atom is -0.336 e. The van der Waals surface area contributed by atoms with Gasteiger partial charge in [-0.05, 0) is 54.3 Å². The van der Waals surface area contributed by atoms with E-state index >= 15 is 0 Å². The Morgan fingerprint density at radius 1 is 1.17 bits per heavy atom. The van der Waals surface area contributed by atoms with Crippen molar-refractivity contribution in [2.24, 2.45) is 7.05 Å². The first-order chi connectivity index (χ1) is 14.0. The monoisotopic (exact) mass is 408 g/mol. The van der Waals surface area contributed by atoms with E-state index in [1.54, 1.807) is 16.2 Å². The zero-order chi connectivity index (χ0) is 20.4. The van der Waals surface area contributed by atoms with E-state index in [1.165, 1.54) is 11.3 Å². The van der Waals surface area contributed by atoms with E-state index in [-0.39, 0.29) is 5.91 Å². The van der Waals surface area contributed by atoms with E-state index in [2.05, 4.69) is 33.9 Å². The molecule has 1 aromatic carbocycles. The van der Waals surface area contributed by atoms with Gasteiger partial charge in [0.2, 0.25) is 0 Å². The predicted molar refractivity (Wildman–Crippen MR) is 117 cm³/mol. The molecule has 1 amide bonds. The Hall–Kier alpha value is -2.44. The molecule has 0 bridgehead atoms. The van der Waals surface area contributed by atoms with Gasteiger partial charge >= 0.3 is 0 Å². The molecule has 0 N–H and O–H groups in total. The number of aryl methyl sites for hydroxylation is 1. The van der Waals surface area contributed by atoms with Gasteiger partial charge in [-0.1, -0.05) is 30.3 Å². The molecule has 2 aromatic heterocycles. The number of benzene rings is 1. The second-order valence-electron chi connectivity index (χ2n) is 7.99. The zero-order valence-electron chi connectivity index (χ0n) is 17.3. The van der Waals surface area contributed by atoms with Crippen molar-refractivity contribution in [1.29, 1.82) is 0 Å². The molecule has 6 heteroatoms. The Labute approximate surface area is 176 Å². The van der Waals surface area contributed by atoms with Crippen LogP contribution in [0.15, 0.2) is 47.2 Å². The highest BCUT2D eigenvalue weighted by molar-refractivity contribution is 7.07. The van der Waals surface area contributed by atoms with E-state index in [0.29, 0.717) is 18.3 Å². The lowest BCUT2D eigenvalue weighted by Gasteiger charge is -2.31. The summed E-state index contributed by atoms with van der Waals surface area (Å²) >= 11 is 1.74. The van der Waals surface area contributed by atoms with E-state index in [4.69, 9.17) is 0 Å². The topological polar surface area (TPSA) is 41.4 Å². The molecule has 0 spiro atoms. The minimum atomic E-state index is 0.00633. The molecule has 4 rings (SSSR count). The van der Waals surface area contributed by atoms with Crippen LogP contribution >= 0.6 is 11.3 Å². The van der Waals surface area contributed by atoms with E-state index in [1.807, 2.05) is 49.1 Å². The Morgan fingerprint density at radius 3 is 2.69 bits per heavy atom. The van der Waals surface area contributed by atoms with Gasteiger partial charge in [-0.2, -0.15) is 16.4 Å². The predicted octanol–water partition coefficient (Wildman–Crippen LogP) is 3.74. The van der Waals surface area contributed by atoms with Crippen LogP contribution in [0.3, 0.4) is 0 Å². The van der Waals surface area contributed by atoms with Crippen LogP contribution in [-0.4, -0.2) is 45.6 Å². The summed E-state index contributed by atoms with van der Waals surface area (Å²) in [6.07, 6.45) is 2.94. The molecule has 0 unspecified atom stereocenters. The summed E-state index contributed by atoms with van der Waals surface area (Å²) in [4.78, 5) is 17.4. The third kappa shape index (κ3) is 4.28. The van der Waals surface area contributed by atoms with Crippen molar-refractivity contribution in [2.75, 3.05) is 14.1 Å². The maximum atomic E-state index is 13.2. The number of hydrogen-bond acceptors (Lipinski definition) is 4. The molecule has 29 heavy (non-hydrogen) atoms. The number of amides is 1. The average Bonchev–Trinajstić information content (AvgIpc) is 3.35. The van der Waals surface area contributed by atoms with Gasteiger partial charge in [-0.25, -0.2) is 0 Å². The number of aromatic nitrogens is 2. The Bertz CT molecular complexity index is 964. The van der Waals surface area contributed by atoms with Crippen molar-refractivity contribution in [3.8, 4) is 0 Å². The van der Waals surface area contributed by atoms with Crippen LogP contribution in [0.2, 0.25) is 0 Å². The molecule has 2 heterocycles. The Balaban J connectivity index is 1.51. The minimum absolute atomic E-state index is 0.00633. The summed E-state index contributed by atoms with van der Waals surface area (Å²) in [5.74, 6) is 0.00633. The highest BCUT2D eigenvalue weighted by atomic mass is 32.1. The van der Waals surface area contributed by atoms with E-state index in [9.17, 15) is 4.79 Å². The van der Waals surface area contributed by atoms with Crippen LogP contribution in [0.5, 0.6) is 0 Å². The summed E-state index contributed by atoms with van der Waals surface area (Å²) in [6.45, 7) is 1.54. The van der Waals surface area contributed by atoms with Gasteiger partial charge in [0.25, 0.3) is 5.91 Å². The fourth-order valence-electron chi connectivity index (χ4n) is 4.23. The van der Waals surface area contributed by atoms with Crippen LogP contribution in [-0.2, 0) is 33.0 Å². The number of hydrogen-bond donors (Lipinski definition) is 0. The van der Waals surface area contributed by atoms with Crippen LogP contribution in [0.4, 0.5) is 0 Å². The zero-order valence-corrected chi connectivity index (χ0v) is 18.2. The van der Waals surface area contributed by atoms with Crippen molar-refractivity contribution >= 4 is 17.2 Å². The van der Waals surface area contributed by atoms with Gasteiger partial charge in [0.15, 0.2) is 5.69 Å². The first-order valence-corrected chi connectivity index (χ1v) is 11.0. The van der Waals surface area contributed by atoms with Gasteiger partial charge < -0.3 is 4.90 Å². The van der Waals surface area contributed by atoms with Gasteiger partial charge in [-0.3, -0.25) is 14.4 Å². The number of thiophene rings is 1. The molecule has 1 atom stereocenters. The molecule has 1 aliphatic carbocycles. The van der Waals surface area contributed by atoms with E-state index < -0.39 is 0 Å². The maximum Gasteiger partial charge on any atom is 0.274 e. The highest BCUT2D eigenvalue weighted by Gasteiger charge is 2.31. The second-order valence-corrected chi connectivity index (χ2v) is 8.77. The molecule has 152 valence electrons. The summed E-state index contributed by atoms with van der Waals surface area (Å²) in [5.41, 5.74) is 5.44. The standard InChI is InChI=1S/C23H28N4OS/c1-25(15-18-11-12-29-16-18)19-9-10-21-20(13-19)22(24-27(21)3)23(28)26(2)14-17-7-5-4-6-8-17/h4-8,11-12,16,19H,9-10,13-15H2,1-3H3/t19-/m0/s1. The number of likely N-dealkylation sites (N-methyl/N-ethyl adjacent to an activating group) is 1. The molecule has 0 radical (unpaired) electrons. The van der Waals surface area contributed by atoms with Gasteiger partial charge in [0, 0.05) is 44.5 Å². The average molecular weight is 409 g/mol. The number of rotatable bonds is 6. The molecular weight excluding hydrogens is 380 g/mol. The summed E-state index contributed by atoms with van der Waals surface area (Å²) in [6, 6.07) is 12.7. The molecule has 1 aliphatic rings. The summed E-state index contributed by atoms with van der Waals surface area (Å²) < 4.78 is 1.91. The van der Waals surface area contributed by atoms with Crippen LogP contribution < -0.4 is 0 Å². The van der Waals surface area contributed by atoms with Crippen molar-refractivity contribution in [3.05, 3.63) is 75.2 Å². The van der Waals surface area contributed by atoms with Gasteiger partial charge in [0.05, 0.1) is 0 Å². The van der Waals surface area contributed by atoms with Crippen molar-refractivity contribution < 1.29 is 4.79 Å². The fourth-order valence-corrected chi connectivity index (χ4v) is 4.89. The van der Waals surface area contributed by atoms with Crippen LogP contribution in [0.25, 0.3) is 0 Å². The van der Waals surface area contributed by atoms with Crippen LogP contribution in [0, 0.1) is 0 Å². The van der Waals surface area contributed by atoms with E-state index in [0.717, 1.165) is 36.9 Å². The number of carbonyl (C=O) groups is 1.